The van der Waals surface area contributed by atoms with Crippen molar-refractivity contribution in [3.05, 3.63) is 23.8 Å². The Kier molecular flexibility index (Phi) is 7.14. The van der Waals surface area contributed by atoms with Crippen LogP contribution in [0, 0.1) is 0 Å². The molecule has 0 saturated heterocycles. The normalized spacial score (nSPS) is 11.8. The Bertz CT molecular complexity index is 442. The molecule has 0 aromatic heterocycles. The Morgan fingerprint density at radius 1 is 1.30 bits per heavy atom. The van der Waals surface area contributed by atoms with Crippen molar-refractivity contribution in [1.82, 2.24) is 10.6 Å². The van der Waals surface area contributed by atoms with Crippen LogP contribution in [-0.4, -0.2) is 46.1 Å². The smallest absolute Gasteiger partial charge is 0.255 e. The summed E-state index contributed by atoms with van der Waals surface area (Å²) in [5.74, 6) is 0.981. The average molecular weight is 303 g/mol. The standard InChI is InChI=1S/C13H18N2O4.ClH/c1-17-8-7-14-5-6-15-13(16)10-3-2-4-11-12(10)19-9-18-11;/h2-4,14H,5-9H2,1H3,(H,15,16);1H. The number of ether oxygens (including phenoxy) is 3. The van der Waals surface area contributed by atoms with Gasteiger partial charge in [-0.2, -0.15) is 0 Å². The first-order valence-corrected chi connectivity index (χ1v) is 6.19. The van der Waals surface area contributed by atoms with E-state index in [1.54, 1.807) is 25.3 Å². The zero-order chi connectivity index (χ0) is 13.5. The van der Waals surface area contributed by atoms with Gasteiger partial charge in [0.2, 0.25) is 6.79 Å². The molecule has 0 aliphatic carbocycles. The number of carbonyl (C=O) groups is 1. The van der Waals surface area contributed by atoms with Crippen LogP contribution < -0.4 is 20.1 Å². The van der Waals surface area contributed by atoms with Gasteiger partial charge in [0.1, 0.15) is 0 Å². The maximum absolute atomic E-state index is 12.0. The molecule has 1 aromatic carbocycles. The van der Waals surface area contributed by atoms with Gasteiger partial charge in [-0.15, -0.1) is 12.4 Å². The summed E-state index contributed by atoms with van der Waals surface area (Å²) in [6, 6.07) is 5.28. The van der Waals surface area contributed by atoms with E-state index < -0.39 is 0 Å². The number of benzene rings is 1. The van der Waals surface area contributed by atoms with E-state index in [0.717, 1.165) is 6.54 Å². The number of rotatable bonds is 7. The molecule has 6 nitrogen and oxygen atoms in total. The molecule has 1 aromatic rings. The average Bonchev–Trinajstić information content (AvgIpc) is 2.90. The summed E-state index contributed by atoms with van der Waals surface area (Å²) in [6.45, 7) is 2.84. The topological polar surface area (TPSA) is 68.8 Å². The maximum atomic E-state index is 12.0. The number of carbonyl (C=O) groups excluding carboxylic acids is 1. The number of amides is 1. The fraction of sp³-hybridized carbons (Fsp3) is 0.462. The molecule has 1 amide bonds. The fourth-order valence-corrected chi connectivity index (χ4v) is 1.77. The van der Waals surface area contributed by atoms with Gasteiger partial charge in [0.15, 0.2) is 11.5 Å². The van der Waals surface area contributed by atoms with Gasteiger partial charge in [0.05, 0.1) is 12.2 Å². The molecule has 112 valence electrons. The van der Waals surface area contributed by atoms with Crippen LogP contribution >= 0.6 is 12.4 Å². The van der Waals surface area contributed by atoms with E-state index in [0.29, 0.717) is 36.8 Å². The summed E-state index contributed by atoms with van der Waals surface area (Å²) in [6.07, 6.45) is 0. The number of halogens is 1. The van der Waals surface area contributed by atoms with E-state index in [-0.39, 0.29) is 25.1 Å². The molecule has 0 unspecified atom stereocenters. The lowest BCUT2D eigenvalue weighted by molar-refractivity contribution is 0.0949. The fourth-order valence-electron chi connectivity index (χ4n) is 1.77. The lowest BCUT2D eigenvalue weighted by Gasteiger charge is -2.08. The van der Waals surface area contributed by atoms with Crippen LogP contribution in [0.1, 0.15) is 10.4 Å². The first-order chi connectivity index (χ1) is 9.33. The van der Waals surface area contributed by atoms with Gasteiger partial charge in [-0.05, 0) is 12.1 Å². The first-order valence-electron chi connectivity index (χ1n) is 6.19. The molecule has 1 aliphatic heterocycles. The van der Waals surface area contributed by atoms with Crippen LogP contribution in [0.15, 0.2) is 18.2 Å². The molecule has 0 fully saturated rings. The van der Waals surface area contributed by atoms with Crippen molar-refractivity contribution in [3.8, 4) is 11.5 Å². The molecule has 0 spiro atoms. The summed E-state index contributed by atoms with van der Waals surface area (Å²) in [7, 11) is 1.65. The molecule has 2 N–H and O–H groups in total. The zero-order valence-electron chi connectivity index (χ0n) is 11.3. The monoisotopic (exact) mass is 302 g/mol. The van der Waals surface area contributed by atoms with Crippen molar-refractivity contribution in [2.45, 2.75) is 0 Å². The third-order valence-electron chi connectivity index (χ3n) is 2.71. The SMILES string of the molecule is COCCNCCNC(=O)c1cccc2c1OCO2.Cl. The molecule has 20 heavy (non-hydrogen) atoms. The van der Waals surface area contributed by atoms with Crippen LogP contribution in [0.25, 0.3) is 0 Å². The van der Waals surface area contributed by atoms with Gasteiger partial charge >= 0.3 is 0 Å². The summed E-state index contributed by atoms with van der Waals surface area (Å²) < 4.78 is 15.4. The van der Waals surface area contributed by atoms with E-state index in [1.165, 1.54) is 0 Å². The third kappa shape index (κ3) is 4.26. The summed E-state index contributed by atoms with van der Waals surface area (Å²) in [5.41, 5.74) is 0.506. The van der Waals surface area contributed by atoms with Gasteiger partial charge in [0.25, 0.3) is 5.91 Å². The molecular weight excluding hydrogens is 284 g/mol. The van der Waals surface area contributed by atoms with Crippen LogP contribution in [0.3, 0.4) is 0 Å². The van der Waals surface area contributed by atoms with Crippen LogP contribution in [0.4, 0.5) is 0 Å². The van der Waals surface area contributed by atoms with Gasteiger partial charge in [0, 0.05) is 26.7 Å². The molecule has 0 saturated carbocycles. The predicted octanol–water partition coefficient (Wildman–Crippen LogP) is 0.803. The third-order valence-corrected chi connectivity index (χ3v) is 2.71. The number of methoxy groups -OCH3 is 1. The molecule has 7 heteroatoms. The van der Waals surface area contributed by atoms with Gasteiger partial charge in [-0.3, -0.25) is 4.79 Å². The van der Waals surface area contributed by atoms with E-state index >= 15 is 0 Å². The van der Waals surface area contributed by atoms with Crippen molar-refractivity contribution in [1.29, 1.82) is 0 Å². The Labute approximate surface area is 124 Å². The number of hydrogen-bond acceptors (Lipinski definition) is 5. The van der Waals surface area contributed by atoms with Gasteiger partial charge in [-0.25, -0.2) is 0 Å². The van der Waals surface area contributed by atoms with Crippen LogP contribution in [0.5, 0.6) is 11.5 Å². The first kappa shape index (κ1) is 16.6. The van der Waals surface area contributed by atoms with Gasteiger partial charge < -0.3 is 24.8 Å². The molecule has 1 aliphatic rings. The summed E-state index contributed by atoms with van der Waals surface area (Å²) >= 11 is 0. The lowest BCUT2D eigenvalue weighted by Crippen LogP contribution is -2.33. The van der Waals surface area contributed by atoms with Crippen molar-refractivity contribution in [2.24, 2.45) is 0 Å². The van der Waals surface area contributed by atoms with E-state index in [1.807, 2.05) is 0 Å². The minimum atomic E-state index is -0.157. The molecule has 0 radical (unpaired) electrons. The minimum Gasteiger partial charge on any atom is -0.454 e. The number of para-hydroxylation sites is 1. The summed E-state index contributed by atoms with van der Waals surface area (Å²) in [5, 5.41) is 5.98. The molecule has 2 rings (SSSR count). The Hall–Kier alpha value is -1.50. The number of hydrogen-bond donors (Lipinski definition) is 2. The second kappa shape index (κ2) is 8.63. The molecule has 0 bridgehead atoms. The second-order valence-electron chi connectivity index (χ2n) is 4.04. The highest BCUT2D eigenvalue weighted by Crippen LogP contribution is 2.35. The van der Waals surface area contributed by atoms with Crippen LogP contribution in [-0.2, 0) is 4.74 Å². The second-order valence-corrected chi connectivity index (χ2v) is 4.04. The number of nitrogens with one attached hydrogen (secondary N) is 2. The Morgan fingerprint density at radius 3 is 2.95 bits per heavy atom. The quantitative estimate of drug-likeness (QED) is 0.729. The lowest BCUT2D eigenvalue weighted by atomic mass is 10.1. The van der Waals surface area contributed by atoms with Crippen molar-refractivity contribution < 1.29 is 19.0 Å². The Balaban J connectivity index is 0.00000200. The van der Waals surface area contributed by atoms with E-state index in [4.69, 9.17) is 14.2 Å². The molecule has 0 atom stereocenters. The van der Waals surface area contributed by atoms with Crippen molar-refractivity contribution in [2.75, 3.05) is 40.1 Å². The Morgan fingerprint density at radius 2 is 2.15 bits per heavy atom. The van der Waals surface area contributed by atoms with Crippen LogP contribution in [0.2, 0.25) is 0 Å². The maximum Gasteiger partial charge on any atom is 0.255 e. The highest BCUT2D eigenvalue weighted by molar-refractivity contribution is 5.97. The predicted molar refractivity (Wildman–Crippen MR) is 76.9 cm³/mol. The zero-order valence-corrected chi connectivity index (χ0v) is 12.1. The van der Waals surface area contributed by atoms with E-state index in [9.17, 15) is 4.79 Å². The van der Waals surface area contributed by atoms with Crippen molar-refractivity contribution in [3.63, 3.8) is 0 Å². The molecular formula is C13H19ClN2O4. The minimum absolute atomic E-state index is 0. The highest BCUT2D eigenvalue weighted by atomic mass is 35.5. The number of fused-ring (bicyclic) bond motifs is 1. The summed E-state index contributed by atoms with van der Waals surface area (Å²) in [4.78, 5) is 12.0. The van der Waals surface area contributed by atoms with Crippen molar-refractivity contribution >= 4 is 18.3 Å². The van der Waals surface area contributed by atoms with Gasteiger partial charge in [-0.1, -0.05) is 6.07 Å². The highest BCUT2D eigenvalue weighted by Gasteiger charge is 2.21. The molecule has 1 heterocycles. The van der Waals surface area contributed by atoms with E-state index in [2.05, 4.69) is 10.6 Å². The largest absolute Gasteiger partial charge is 0.454 e.